The third-order valence-corrected chi connectivity index (χ3v) is 3.87. The van der Waals surface area contributed by atoms with Crippen molar-refractivity contribution in [3.8, 4) is 0 Å². The maximum Gasteiger partial charge on any atom is 0.377 e. The summed E-state index contributed by atoms with van der Waals surface area (Å²) in [5, 5.41) is 0. The van der Waals surface area contributed by atoms with Crippen LogP contribution >= 0.6 is 11.8 Å². The summed E-state index contributed by atoms with van der Waals surface area (Å²) in [6, 6.07) is 4.51. The summed E-state index contributed by atoms with van der Waals surface area (Å²) in [5.74, 6) is -2.89. The molecule has 2 rings (SSSR count). The van der Waals surface area contributed by atoms with E-state index >= 15 is 0 Å². The van der Waals surface area contributed by atoms with Crippen LogP contribution in [0.1, 0.15) is 19.4 Å². The molecule has 0 spiro atoms. The van der Waals surface area contributed by atoms with Crippen LogP contribution in [-0.2, 0) is 30.3 Å². The molecule has 0 atom stereocenters. The van der Waals surface area contributed by atoms with Crippen LogP contribution < -0.4 is 5.48 Å². The number of amides is 1. The van der Waals surface area contributed by atoms with Gasteiger partial charge in [-0.25, -0.2) is 14.7 Å². The predicted molar refractivity (Wildman–Crippen MR) is 85.3 cm³/mol. The first-order chi connectivity index (χ1) is 11.3. The van der Waals surface area contributed by atoms with Crippen LogP contribution in [0, 0.1) is 5.82 Å². The van der Waals surface area contributed by atoms with E-state index < -0.39 is 17.7 Å². The van der Waals surface area contributed by atoms with Crippen molar-refractivity contribution in [1.29, 1.82) is 0 Å². The highest BCUT2D eigenvalue weighted by molar-refractivity contribution is 7.98. The average molecular weight is 355 g/mol. The largest absolute Gasteiger partial charge is 0.445 e. The van der Waals surface area contributed by atoms with Crippen molar-refractivity contribution in [2.24, 2.45) is 0 Å². The van der Waals surface area contributed by atoms with Gasteiger partial charge in [0.15, 0.2) is 0 Å². The van der Waals surface area contributed by atoms with Crippen LogP contribution in [0.15, 0.2) is 34.9 Å². The number of benzene rings is 1. The molecule has 1 fully saturated rings. The Kier molecular flexibility index (Phi) is 5.84. The van der Waals surface area contributed by atoms with E-state index in [0.717, 1.165) is 16.5 Å². The second-order valence-corrected chi connectivity index (χ2v) is 6.27. The van der Waals surface area contributed by atoms with Crippen LogP contribution in [0.25, 0.3) is 0 Å². The van der Waals surface area contributed by atoms with Gasteiger partial charge in [-0.05, 0) is 30.4 Å². The Hall–Kier alpha value is -2.06. The quantitative estimate of drug-likeness (QED) is 0.278. The summed E-state index contributed by atoms with van der Waals surface area (Å²) in [5.41, 5.74) is 3.11. The van der Waals surface area contributed by atoms with Crippen LogP contribution in [0.2, 0.25) is 0 Å². The highest BCUT2D eigenvalue weighted by Gasteiger charge is 2.37. The van der Waals surface area contributed by atoms with E-state index in [-0.39, 0.29) is 18.2 Å². The van der Waals surface area contributed by atoms with Gasteiger partial charge >= 0.3 is 5.97 Å². The lowest BCUT2D eigenvalue weighted by atomic mass is 10.1. The normalized spacial score (nSPS) is 17.5. The van der Waals surface area contributed by atoms with Gasteiger partial charge in [-0.2, -0.15) is 0 Å². The van der Waals surface area contributed by atoms with Gasteiger partial charge in [0.25, 0.3) is 5.91 Å². The van der Waals surface area contributed by atoms with Crippen molar-refractivity contribution in [3.63, 3.8) is 0 Å². The van der Waals surface area contributed by atoms with E-state index in [4.69, 9.17) is 14.3 Å². The highest BCUT2D eigenvalue weighted by atomic mass is 32.2. The molecule has 1 aliphatic rings. The fourth-order valence-electron chi connectivity index (χ4n) is 2.05. The summed E-state index contributed by atoms with van der Waals surface area (Å²) < 4.78 is 23.2. The molecule has 1 N–H and O–H groups in total. The minimum Gasteiger partial charge on any atom is -0.445 e. The van der Waals surface area contributed by atoms with E-state index in [1.165, 1.54) is 23.9 Å². The van der Waals surface area contributed by atoms with Crippen LogP contribution in [0.3, 0.4) is 0 Å². The maximum absolute atomic E-state index is 13.2. The topological polar surface area (TPSA) is 73.9 Å². The molecule has 0 unspecified atom stereocenters. The third-order valence-electron chi connectivity index (χ3n) is 3.05. The summed E-state index contributed by atoms with van der Waals surface area (Å²) in [4.78, 5) is 29.0. The third kappa shape index (κ3) is 4.97. The number of nitrogens with one attached hydrogen (secondary N) is 1. The molecular weight excluding hydrogens is 337 g/mol. The zero-order valence-corrected chi connectivity index (χ0v) is 14.4. The number of halogens is 1. The first kappa shape index (κ1) is 18.3. The Labute approximate surface area is 143 Å². The molecule has 24 heavy (non-hydrogen) atoms. The Bertz CT molecular complexity index is 674. The van der Waals surface area contributed by atoms with Crippen molar-refractivity contribution in [2.45, 2.75) is 31.0 Å². The molecule has 8 heteroatoms. The van der Waals surface area contributed by atoms with Crippen LogP contribution in [0.5, 0.6) is 0 Å². The molecule has 6 nitrogen and oxygen atoms in total. The number of cyclic esters (lactones) is 1. The second-order valence-electron chi connectivity index (χ2n) is 5.42. The van der Waals surface area contributed by atoms with Crippen molar-refractivity contribution < 1.29 is 28.3 Å². The SMILES string of the molecule is CSc1cc(F)ccc1CCONC(=O)C=C1OC(C)(C)OC1=O. The zero-order chi connectivity index (χ0) is 17.7. The molecule has 0 radical (unpaired) electrons. The molecule has 0 bridgehead atoms. The number of ether oxygens (including phenoxy) is 2. The number of thioether (sulfide) groups is 1. The number of hydrogen-bond donors (Lipinski definition) is 1. The van der Waals surface area contributed by atoms with Crippen molar-refractivity contribution in [2.75, 3.05) is 12.9 Å². The van der Waals surface area contributed by atoms with E-state index in [1.807, 2.05) is 6.26 Å². The minimum absolute atomic E-state index is 0.177. The van der Waals surface area contributed by atoms with Crippen LogP contribution in [-0.4, -0.2) is 30.5 Å². The number of esters is 1. The maximum atomic E-state index is 13.2. The molecule has 1 aromatic carbocycles. The fourth-order valence-corrected chi connectivity index (χ4v) is 2.71. The van der Waals surface area contributed by atoms with Crippen molar-refractivity contribution >= 4 is 23.6 Å². The molecule has 0 aromatic heterocycles. The molecule has 1 aliphatic heterocycles. The first-order valence-corrected chi connectivity index (χ1v) is 8.41. The average Bonchev–Trinajstić information content (AvgIpc) is 2.76. The molecule has 1 saturated heterocycles. The van der Waals surface area contributed by atoms with Gasteiger partial charge < -0.3 is 9.47 Å². The smallest absolute Gasteiger partial charge is 0.377 e. The van der Waals surface area contributed by atoms with Crippen molar-refractivity contribution in [1.82, 2.24) is 5.48 Å². The number of hydroxylamine groups is 1. The van der Waals surface area contributed by atoms with Crippen LogP contribution in [0.4, 0.5) is 4.39 Å². The molecule has 130 valence electrons. The molecular formula is C16H18FNO5S. The monoisotopic (exact) mass is 355 g/mol. The second kappa shape index (κ2) is 7.67. The van der Waals surface area contributed by atoms with Crippen molar-refractivity contribution in [3.05, 3.63) is 41.4 Å². The lowest BCUT2D eigenvalue weighted by Crippen LogP contribution is -2.23. The summed E-state index contributed by atoms with van der Waals surface area (Å²) in [6.45, 7) is 3.32. The number of hydrogen-bond acceptors (Lipinski definition) is 6. The number of carbonyl (C=O) groups is 2. The molecule has 1 amide bonds. The van der Waals surface area contributed by atoms with E-state index in [9.17, 15) is 14.0 Å². The molecule has 1 heterocycles. The Balaban J connectivity index is 1.81. The summed E-state index contributed by atoms with van der Waals surface area (Å²) in [7, 11) is 0. The molecule has 0 aliphatic carbocycles. The summed E-state index contributed by atoms with van der Waals surface area (Å²) in [6.07, 6.45) is 3.33. The van der Waals surface area contributed by atoms with Gasteiger partial charge in [0, 0.05) is 18.7 Å². The van der Waals surface area contributed by atoms with Gasteiger partial charge in [-0.1, -0.05) is 6.07 Å². The van der Waals surface area contributed by atoms with E-state index in [1.54, 1.807) is 19.9 Å². The van der Waals surface area contributed by atoms with Gasteiger partial charge in [0.2, 0.25) is 11.5 Å². The van der Waals surface area contributed by atoms with Gasteiger partial charge in [0.1, 0.15) is 5.82 Å². The predicted octanol–water partition coefficient (Wildman–Crippen LogP) is 2.33. The lowest BCUT2D eigenvalue weighted by molar-refractivity contribution is -0.159. The first-order valence-electron chi connectivity index (χ1n) is 7.19. The highest BCUT2D eigenvalue weighted by Crippen LogP contribution is 2.26. The van der Waals surface area contributed by atoms with Gasteiger partial charge in [-0.3, -0.25) is 9.63 Å². The number of rotatable bonds is 6. The van der Waals surface area contributed by atoms with Gasteiger partial charge in [0.05, 0.1) is 12.7 Å². The number of carbonyl (C=O) groups excluding carboxylic acids is 2. The Morgan fingerprint density at radius 1 is 1.42 bits per heavy atom. The Morgan fingerprint density at radius 2 is 2.17 bits per heavy atom. The zero-order valence-electron chi connectivity index (χ0n) is 13.6. The Morgan fingerprint density at radius 3 is 2.79 bits per heavy atom. The minimum atomic E-state index is -1.08. The molecule has 1 aromatic rings. The molecule has 0 saturated carbocycles. The van der Waals surface area contributed by atoms with Gasteiger partial charge in [-0.15, -0.1) is 11.8 Å². The lowest BCUT2D eigenvalue weighted by Gasteiger charge is -2.13. The summed E-state index contributed by atoms with van der Waals surface area (Å²) >= 11 is 1.43. The van der Waals surface area contributed by atoms with E-state index in [0.29, 0.717) is 6.42 Å². The van der Waals surface area contributed by atoms with E-state index in [2.05, 4.69) is 5.48 Å². The standard InChI is InChI=1S/C16H18FNO5S/c1-16(2)22-12(15(20)23-16)9-14(19)18-21-7-6-10-4-5-11(17)8-13(10)24-3/h4-5,8-9H,6-7H2,1-3H3,(H,18,19). The fraction of sp³-hybridized carbons (Fsp3) is 0.375.